The summed E-state index contributed by atoms with van der Waals surface area (Å²) in [6, 6.07) is 0.994. The van der Waals surface area contributed by atoms with Crippen molar-refractivity contribution in [2.75, 3.05) is 7.05 Å². The van der Waals surface area contributed by atoms with Crippen LogP contribution >= 0.6 is 0 Å². The molecule has 1 N–H and O–H groups in total. The van der Waals surface area contributed by atoms with E-state index in [0.717, 1.165) is 6.07 Å². The highest BCUT2D eigenvalue weighted by Gasteiger charge is 2.34. The van der Waals surface area contributed by atoms with Gasteiger partial charge in [0.2, 0.25) is 0 Å². The molecule has 0 aliphatic heterocycles. The van der Waals surface area contributed by atoms with Gasteiger partial charge in [0.05, 0.1) is 5.69 Å². The zero-order valence-corrected chi connectivity index (χ0v) is 8.10. The summed E-state index contributed by atoms with van der Waals surface area (Å²) in [5.41, 5.74) is -0.495. The van der Waals surface area contributed by atoms with E-state index in [4.69, 9.17) is 6.42 Å². The van der Waals surface area contributed by atoms with Crippen LogP contribution in [0.2, 0.25) is 0 Å². The Hall–Kier alpha value is -1.48. The first-order valence-corrected chi connectivity index (χ1v) is 4.21. The minimum Gasteiger partial charge on any atom is -0.314 e. The SMILES string of the molecule is C#CCn1nc(C(F)(F)F)cc1CNC. The number of halogens is 3. The third kappa shape index (κ3) is 2.73. The van der Waals surface area contributed by atoms with E-state index < -0.39 is 11.9 Å². The van der Waals surface area contributed by atoms with Crippen LogP contribution in [0.3, 0.4) is 0 Å². The lowest BCUT2D eigenvalue weighted by Crippen LogP contribution is -2.12. The van der Waals surface area contributed by atoms with Gasteiger partial charge in [-0.3, -0.25) is 4.68 Å². The van der Waals surface area contributed by atoms with Crippen molar-refractivity contribution in [2.45, 2.75) is 19.3 Å². The van der Waals surface area contributed by atoms with Crippen molar-refractivity contribution in [1.82, 2.24) is 15.1 Å². The summed E-state index contributed by atoms with van der Waals surface area (Å²) in [5, 5.41) is 6.15. The maximum absolute atomic E-state index is 12.3. The second-order valence-electron chi connectivity index (χ2n) is 2.91. The molecule has 0 fully saturated rings. The van der Waals surface area contributed by atoms with E-state index in [0.29, 0.717) is 12.2 Å². The van der Waals surface area contributed by atoms with Crippen molar-refractivity contribution in [3.05, 3.63) is 17.5 Å². The molecule has 6 heteroatoms. The van der Waals surface area contributed by atoms with Gasteiger partial charge in [-0.1, -0.05) is 5.92 Å². The monoisotopic (exact) mass is 217 g/mol. The summed E-state index contributed by atoms with van der Waals surface area (Å²) in [4.78, 5) is 0. The Balaban J connectivity index is 3.04. The predicted molar refractivity (Wildman–Crippen MR) is 48.8 cm³/mol. The highest BCUT2D eigenvalue weighted by Crippen LogP contribution is 2.28. The summed E-state index contributed by atoms with van der Waals surface area (Å²) in [5.74, 6) is 2.25. The summed E-state index contributed by atoms with van der Waals surface area (Å²) in [6.45, 7) is 0.331. The molecule has 0 amide bonds. The van der Waals surface area contributed by atoms with Gasteiger partial charge in [0.25, 0.3) is 0 Å². The number of rotatable bonds is 3. The summed E-state index contributed by atoms with van der Waals surface area (Å²) in [7, 11) is 1.64. The van der Waals surface area contributed by atoms with Gasteiger partial charge in [0.15, 0.2) is 5.69 Å². The second kappa shape index (κ2) is 4.36. The van der Waals surface area contributed by atoms with Crippen LogP contribution in [0.4, 0.5) is 13.2 Å². The smallest absolute Gasteiger partial charge is 0.314 e. The van der Waals surface area contributed by atoms with E-state index in [1.165, 1.54) is 4.68 Å². The molecule has 15 heavy (non-hydrogen) atoms. The highest BCUT2D eigenvalue weighted by molar-refractivity contribution is 5.14. The fraction of sp³-hybridized carbons (Fsp3) is 0.444. The molecule has 0 saturated carbocycles. The molecule has 0 aliphatic carbocycles. The molecule has 0 unspecified atom stereocenters. The number of terminal acetylenes is 1. The minimum atomic E-state index is -4.43. The lowest BCUT2D eigenvalue weighted by atomic mass is 10.3. The summed E-state index contributed by atoms with van der Waals surface area (Å²) < 4.78 is 38.1. The molecule has 0 atom stereocenters. The van der Waals surface area contributed by atoms with Gasteiger partial charge in [0, 0.05) is 6.54 Å². The second-order valence-corrected chi connectivity index (χ2v) is 2.91. The van der Waals surface area contributed by atoms with E-state index in [2.05, 4.69) is 16.3 Å². The molecule has 1 aromatic heterocycles. The van der Waals surface area contributed by atoms with Crippen LogP contribution in [0.25, 0.3) is 0 Å². The van der Waals surface area contributed by atoms with Crippen LogP contribution in [-0.4, -0.2) is 16.8 Å². The molecule has 0 aromatic carbocycles. The Kier molecular flexibility index (Phi) is 3.37. The molecule has 0 spiro atoms. The average Bonchev–Trinajstić information content (AvgIpc) is 2.50. The van der Waals surface area contributed by atoms with Gasteiger partial charge in [-0.05, 0) is 13.1 Å². The third-order valence-electron chi connectivity index (χ3n) is 1.75. The molecular weight excluding hydrogens is 207 g/mol. The quantitative estimate of drug-likeness (QED) is 0.772. The van der Waals surface area contributed by atoms with Gasteiger partial charge in [0.1, 0.15) is 6.54 Å². The van der Waals surface area contributed by atoms with Crippen LogP contribution in [-0.2, 0) is 19.3 Å². The van der Waals surface area contributed by atoms with Crippen LogP contribution < -0.4 is 5.32 Å². The predicted octanol–water partition coefficient (Wildman–Crippen LogP) is 1.25. The molecule has 1 aromatic rings. The zero-order chi connectivity index (χ0) is 11.5. The fourth-order valence-corrected chi connectivity index (χ4v) is 1.14. The van der Waals surface area contributed by atoms with Crippen molar-refractivity contribution >= 4 is 0 Å². The first-order chi connectivity index (χ1) is 6.99. The molecule has 0 bridgehead atoms. The van der Waals surface area contributed by atoms with Crippen molar-refractivity contribution in [3.63, 3.8) is 0 Å². The third-order valence-corrected chi connectivity index (χ3v) is 1.75. The molecule has 0 radical (unpaired) electrons. The highest BCUT2D eigenvalue weighted by atomic mass is 19.4. The molecule has 0 saturated heterocycles. The summed E-state index contributed by atoms with van der Waals surface area (Å²) >= 11 is 0. The maximum Gasteiger partial charge on any atom is 0.435 e. The normalized spacial score (nSPS) is 11.4. The fourth-order valence-electron chi connectivity index (χ4n) is 1.14. The number of alkyl halides is 3. The number of aromatic nitrogens is 2. The number of nitrogens with zero attached hydrogens (tertiary/aromatic N) is 2. The average molecular weight is 217 g/mol. The van der Waals surface area contributed by atoms with Crippen LogP contribution in [0, 0.1) is 12.3 Å². The molecular formula is C9H10F3N3. The van der Waals surface area contributed by atoms with Crippen molar-refractivity contribution in [1.29, 1.82) is 0 Å². The van der Waals surface area contributed by atoms with Gasteiger partial charge in [-0.25, -0.2) is 0 Å². The Labute approximate surface area is 85.3 Å². The molecule has 1 rings (SSSR count). The van der Waals surface area contributed by atoms with E-state index >= 15 is 0 Å². The van der Waals surface area contributed by atoms with Crippen LogP contribution in [0.5, 0.6) is 0 Å². The molecule has 0 aliphatic rings. The van der Waals surface area contributed by atoms with Gasteiger partial charge in [-0.15, -0.1) is 6.42 Å². The van der Waals surface area contributed by atoms with Crippen molar-refractivity contribution in [3.8, 4) is 12.3 Å². The first-order valence-electron chi connectivity index (χ1n) is 4.21. The molecule has 82 valence electrons. The Morgan fingerprint density at radius 2 is 2.27 bits per heavy atom. The zero-order valence-electron chi connectivity index (χ0n) is 8.10. The molecule has 1 heterocycles. The lowest BCUT2D eigenvalue weighted by Gasteiger charge is -2.01. The van der Waals surface area contributed by atoms with E-state index in [1.807, 2.05) is 0 Å². The Morgan fingerprint density at radius 1 is 1.60 bits per heavy atom. The van der Waals surface area contributed by atoms with Gasteiger partial charge in [-0.2, -0.15) is 18.3 Å². The lowest BCUT2D eigenvalue weighted by molar-refractivity contribution is -0.141. The van der Waals surface area contributed by atoms with E-state index in [1.54, 1.807) is 7.05 Å². The van der Waals surface area contributed by atoms with Crippen molar-refractivity contribution < 1.29 is 13.2 Å². The van der Waals surface area contributed by atoms with E-state index in [-0.39, 0.29) is 6.54 Å². The topological polar surface area (TPSA) is 29.9 Å². The minimum absolute atomic E-state index is 0.0348. The molecule has 3 nitrogen and oxygen atoms in total. The Morgan fingerprint density at radius 3 is 2.73 bits per heavy atom. The number of nitrogens with one attached hydrogen (secondary N) is 1. The Bertz CT molecular complexity index is 373. The maximum atomic E-state index is 12.3. The van der Waals surface area contributed by atoms with Crippen LogP contribution in [0.15, 0.2) is 6.07 Å². The van der Waals surface area contributed by atoms with Crippen molar-refractivity contribution in [2.24, 2.45) is 0 Å². The number of hydrogen-bond donors (Lipinski definition) is 1. The van der Waals surface area contributed by atoms with Gasteiger partial charge >= 0.3 is 6.18 Å². The first kappa shape index (κ1) is 11.6. The largest absolute Gasteiger partial charge is 0.435 e. The number of hydrogen-bond acceptors (Lipinski definition) is 2. The van der Waals surface area contributed by atoms with E-state index in [9.17, 15) is 13.2 Å². The van der Waals surface area contributed by atoms with Gasteiger partial charge < -0.3 is 5.32 Å². The van der Waals surface area contributed by atoms with Crippen LogP contribution in [0.1, 0.15) is 11.4 Å². The standard InChI is InChI=1S/C9H10F3N3/c1-3-4-15-7(6-13-2)5-8(14-15)9(10,11)12/h1,5,13H,4,6H2,2H3. The summed E-state index contributed by atoms with van der Waals surface area (Å²) in [6.07, 6.45) is 0.603.